The number of piperidine rings is 1. The number of hydrogen-bond donors (Lipinski definition) is 1. The van der Waals surface area contributed by atoms with Gasteiger partial charge in [0.1, 0.15) is 0 Å². The van der Waals surface area contributed by atoms with E-state index >= 15 is 0 Å². The van der Waals surface area contributed by atoms with Gasteiger partial charge < -0.3 is 10.0 Å². The number of anilines is 1. The van der Waals surface area contributed by atoms with Crippen LogP contribution in [0.25, 0.3) is 0 Å². The molecule has 1 aromatic heterocycles. The summed E-state index contributed by atoms with van der Waals surface area (Å²) in [6.45, 7) is 2.58. The summed E-state index contributed by atoms with van der Waals surface area (Å²) in [5, 5.41) is 20.8. The van der Waals surface area contributed by atoms with Gasteiger partial charge in [0, 0.05) is 25.4 Å². The lowest BCUT2D eigenvalue weighted by Crippen LogP contribution is -2.48. The fraction of sp³-hybridized carbons (Fsp3) is 0.538. The van der Waals surface area contributed by atoms with Gasteiger partial charge in [-0.3, -0.25) is 14.9 Å². The zero-order valence-corrected chi connectivity index (χ0v) is 12.3. The van der Waals surface area contributed by atoms with Crippen LogP contribution in [0.2, 0.25) is 5.02 Å². The van der Waals surface area contributed by atoms with Crippen molar-refractivity contribution in [1.82, 2.24) is 4.98 Å². The van der Waals surface area contributed by atoms with E-state index in [0.29, 0.717) is 25.8 Å². The van der Waals surface area contributed by atoms with Gasteiger partial charge >= 0.3 is 11.7 Å². The first-order valence-corrected chi connectivity index (χ1v) is 7.06. The molecular weight excluding hydrogens is 298 g/mol. The monoisotopic (exact) mass is 313 g/mol. The zero-order chi connectivity index (χ0) is 15.6. The number of rotatable bonds is 4. The summed E-state index contributed by atoms with van der Waals surface area (Å²) in [6.07, 6.45) is 3.03. The number of nitro groups is 1. The summed E-state index contributed by atoms with van der Waals surface area (Å²) in [4.78, 5) is 27.9. The van der Waals surface area contributed by atoms with Gasteiger partial charge in [-0.15, -0.1) is 0 Å². The summed E-state index contributed by atoms with van der Waals surface area (Å²) in [5.41, 5.74) is -1.08. The number of carbonyl (C=O) groups is 1. The Morgan fingerprint density at radius 2 is 2.38 bits per heavy atom. The molecular formula is C13H16ClN3O4. The Bertz CT molecular complexity index is 581. The van der Waals surface area contributed by atoms with Gasteiger partial charge in [-0.05, 0) is 19.3 Å². The zero-order valence-electron chi connectivity index (χ0n) is 11.6. The van der Waals surface area contributed by atoms with Crippen LogP contribution in [0.1, 0.15) is 26.2 Å². The molecule has 0 aliphatic carbocycles. The molecule has 8 heteroatoms. The molecule has 2 heterocycles. The highest BCUT2D eigenvalue weighted by Crippen LogP contribution is 2.38. The van der Waals surface area contributed by atoms with E-state index in [1.807, 2.05) is 6.92 Å². The Morgan fingerprint density at radius 3 is 2.95 bits per heavy atom. The average Bonchev–Trinajstić information content (AvgIpc) is 2.46. The first-order chi connectivity index (χ1) is 9.89. The summed E-state index contributed by atoms with van der Waals surface area (Å²) in [7, 11) is 0. The standard InChI is InChI=1S/C13H16ClN3O4/c1-2-13(12(18)19)4-3-5-16(8-13)11-10(17(20)21)6-9(14)7-15-11/h6-7H,2-5,8H2,1H3,(H,18,19). The van der Waals surface area contributed by atoms with Crippen molar-refractivity contribution in [2.75, 3.05) is 18.0 Å². The van der Waals surface area contributed by atoms with Crippen LogP contribution in [-0.4, -0.2) is 34.1 Å². The van der Waals surface area contributed by atoms with E-state index in [9.17, 15) is 20.0 Å². The van der Waals surface area contributed by atoms with Crippen molar-refractivity contribution in [3.63, 3.8) is 0 Å². The van der Waals surface area contributed by atoms with Crippen LogP contribution >= 0.6 is 11.6 Å². The number of pyridine rings is 1. The Kier molecular flexibility index (Phi) is 4.32. The Morgan fingerprint density at radius 1 is 1.67 bits per heavy atom. The number of hydrogen-bond acceptors (Lipinski definition) is 5. The van der Waals surface area contributed by atoms with Crippen molar-refractivity contribution in [2.45, 2.75) is 26.2 Å². The highest BCUT2D eigenvalue weighted by atomic mass is 35.5. The predicted octanol–water partition coefficient (Wildman–Crippen LogP) is 2.72. The molecule has 1 aromatic rings. The molecule has 7 nitrogen and oxygen atoms in total. The maximum absolute atomic E-state index is 11.6. The number of halogens is 1. The second-order valence-corrected chi connectivity index (χ2v) is 5.65. The van der Waals surface area contributed by atoms with E-state index in [1.54, 1.807) is 4.90 Å². The first-order valence-electron chi connectivity index (χ1n) is 6.68. The maximum atomic E-state index is 11.6. The van der Waals surface area contributed by atoms with Gasteiger partial charge in [-0.25, -0.2) is 4.98 Å². The second-order valence-electron chi connectivity index (χ2n) is 5.22. The molecule has 1 saturated heterocycles. The quantitative estimate of drug-likeness (QED) is 0.678. The summed E-state index contributed by atoms with van der Waals surface area (Å²) >= 11 is 5.75. The van der Waals surface area contributed by atoms with Crippen LogP contribution < -0.4 is 4.90 Å². The molecule has 0 amide bonds. The molecule has 114 valence electrons. The normalized spacial score (nSPS) is 22.1. The molecule has 0 spiro atoms. The number of carboxylic acids is 1. The van der Waals surface area contributed by atoms with Gasteiger partial charge in [0.25, 0.3) is 0 Å². The molecule has 1 aliphatic heterocycles. The molecule has 21 heavy (non-hydrogen) atoms. The van der Waals surface area contributed by atoms with E-state index in [-0.39, 0.29) is 23.1 Å². The molecule has 0 aromatic carbocycles. The molecule has 0 saturated carbocycles. The fourth-order valence-electron chi connectivity index (χ4n) is 2.73. The first kappa shape index (κ1) is 15.5. The summed E-state index contributed by atoms with van der Waals surface area (Å²) in [5.74, 6) is -0.686. The van der Waals surface area contributed by atoms with E-state index < -0.39 is 16.3 Å². The third kappa shape index (κ3) is 2.92. The van der Waals surface area contributed by atoms with Gasteiger partial charge in [-0.2, -0.15) is 0 Å². The SMILES string of the molecule is CCC1(C(=O)O)CCCN(c2ncc(Cl)cc2[N+](=O)[O-])C1. The minimum absolute atomic E-state index is 0.183. The van der Waals surface area contributed by atoms with Crippen molar-refractivity contribution in [1.29, 1.82) is 0 Å². The highest BCUT2D eigenvalue weighted by Gasteiger charge is 2.42. The third-order valence-corrected chi connectivity index (χ3v) is 4.22. The summed E-state index contributed by atoms with van der Waals surface area (Å²) in [6, 6.07) is 1.24. The molecule has 0 radical (unpaired) electrons. The van der Waals surface area contributed by atoms with Crippen LogP contribution in [0, 0.1) is 15.5 Å². The predicted molar refractivity (Wildman–Crippen MR) is 77.7 cm³/mol. The number of carboxylic acid groups (broad SMARTS) is 1. The molecule has 1 atom stereocenters. The lowest BCUT2D eigenvalue weighted by Gasteiger charge is -2.39. The largest absolute Gasteiger partial charge is 0.481 e. The van der Waals surface area contributed by atoms with Crippen molar-refractivity contribution < 1.29 is 14.8 Å². The molecule has 0 bridgehead atoms. The van der Waals surface area contributed by atoms with Crippen molar-refractivity contribution in [3.05, 3.63) is 27.4 Å². The van der Waals surface area contributed by atoms with Crippen LogP contribution in [0.5, 0.6) is 0 Å². The molecule has 2 rings (SSSR count). The van der Waals surface area contributed by atoms with Crippen molar-refractivity contribution >= 4 is 29.1 Å². The lowest BCUT2D eigenvalue weighted by molar-refractivity contribution is -0.384. The Labute approximate surface area is 126 Å². The maximum Gasteiger partial charge on any atom is 0.313 e. The van der Waals surface area contributed by atoms with Crippen LogP contribution in [-0.2, 0) is 4.79 Å². The lowest BCUT2D eigenvalue weighted by atomic mass is 9.77. The topological polar surface area (TPSA) is 96.6 Å². The fourth-order valence-corrected chi connectivity index (χ4v) is 2.88. The average molecular weight is 314 g/mol. The number of aromatic nitrogens is 1. The number of nitrogens with zero attached hydrogens (tertiary/aromatic N) is 3. The van der Waals surface area contributed by atoms with E-state index in [1.165, 1.54) is 12.3 Å². The number of aliphatic carboxylic acids is 1. The van der Waals surface area contributed by atoms with Crippen molar-refractivity contribution in [3.8, 4) is 0 Å². The van der Waals surface area contributed by atoms with E-state index in [0.717, 1.165) is 0 Å². The summed E-state index contributed by atoms with van der Waals surface area (Å²) < 4.78 is 0. The molecule has 1 unspecified atom stereocenters. The van der Waals surface area contributed by atoms with E-state index in [4.69, 9.17) is 11.6 Å². The third-order valence-electron chi connectivity index (χ3n) is 4.02. The van der Waals surface area contributed by atoms with Gasteiger partial charge in [0.05, 0.1) is 15.4 Å². The van der Waals surface area contributed by atoms with Crippen LogP contribution in [0.3, 0.4) is 0 Å². The molecule has 1 fully saturated rings. The minimum Gasteiger partial charge on any atom is -0.481 e. The Hall–Kier alpha value is -1.89. The van der Waals surface area contributed by atoms with Gasteiger partial charge in [0.15, 0.2) is 0 Å². The van der Waals surface area contributed by atoms with Gasteiger partial charge in [-0.1, -0.05) is 18.5 Å². The minimum atomic E-state index is -0.882. The highest BCUT2D eigenvalue weighted by molar-refractivity contribution is 6.30. The Balaban J connectivity index is 2.38. The van der Waals surface area contributed by atoms with E-state index in [2.05, 4.69) is 4.98 Å². The van der Waals surface area contributed by atoms with Crippen LogP contribution in [0.4, 0.5) is 11.5 Å². The smallest absolute Gasteiger partial charge is 0.313 e. The molecule has 1 aliphatic rings. The van der Waals surface area contributed by atoms with Gasteiger partial charge in [0.2, 0.25) is 5.82 Å². The van der Waals surface area contributed by atoms with Crippen LogP contribution in [0.15, 0.2) is 12.3 Å². The second kappa shape index (κ2) is 5.85. The van der Waals surface area contributed by atoms with Crippen molar-refractivity contribution in [2.24, 2.45) is 5.41 Å². The molecule has 1 N–H and O–H groups in total.